The topological polar surface area (TPSA) is 66.1 Å². The molecule has 0 aromatic carbocycles. The highest BCUT2D eigenvalue weighted by atomic mass is 35.5. The van der Waals surface area contributed by atoms with Crippen LogP contribution in [0.5, 0.6) is 0 Å². The highest BCUT2D eigenvalue weighted by molar-refractivity contribution is 7.91. The molecule has 1 aromatic rings. The summed E-state index contributed by atoms with van der Waals surface area (Å²) in [6.07, 6.45) is 0. The van der Waals surface area contributed by atoms with E-state index in [1.807, 2.05) is 11.8 Å². The van der Waals surface area contributed by atoms with E-state index in [1.165, 1.54) is 0 Å². The zero-order valence-corrected chi connectivity index (χ0v) is 9.90. The normalized spacial score (nSPS) is 20.5. The summed E-state index contributed by atoms with van der Waals surface area (Å²) in [6.45, 7) is 2.76. The number of nitrogens with zero attached hydrogens (tertiary/aromatic N) is 2. The molecule has 2 rings (SSSR count). The predicted octanol–water partition coefficient (Wildman–Crippen LogP) is 0.606. The quantitative estimate of drug-likeness (QED) is 0.792. The van der Waals surface area contributed by atoms with Crippen molar-refractivity contribution in [3.05, 3.63) is 10.7 Å². The average molecular weight is 250 g/mol. The van der Waals surface area contributed by atoms with Crippen LogP contribution in [0.25, 0.3) is 0 Å². The summed E-state index contributed by atoms with van der Waals surface area (Å²) in [4.78, 5) is 1.90. The van der Waals surface area contributed by atoms with Gasteiger partial charge < -0.3 is 4.90 Å². The van der Waals surface area contributed by atoms with E-state index in [0.717, 1.165) is 5.69 Å². The summed E-state index contributed by atoms with van der Waals surface area (Å²) >= 11 is 6.03. The zero-order valence-electron chi connectivity index (χ0n) is 8.33. The van der Waals surface area contributed by atoms with Gasteiger partial charge in [-0.1, -0.05) is 11.6 Å². The molecule has 0 unspecified atom stereocenters. The monoisotopic (exact) mass is 249 g/mol. The molecule has 84 valence electrons. The van der Waals surface area contributed by atoms with Crippen molar-refractivity contribution in [1.82, 2.24) is 10.2 Å². The molecular formula is C8H12ClN3O2S. The molecule has 0 aliphatic carbocycles. The number of nitrogens with one attached hydrogen (secondary N) is 1. The number of aromatic amines is 1. The van der Waals surface area contributed by atoms with Crippen LogP contribution in [0.15, 0.2) is 0 Å². The first-order valence-corrected chi connectivity index (χ1v) is 6.85. The molecule has 0 saturated carbocycles. The van der Waals surface area contributed by atoms with Crippen molar-refractivity contribution in [2.24, 2.45) is 0 Å². The molecule has 0 atom stereocenters. The number of rotatable bonds is 1. The van der Waals surface area contributed by atoms with Gasteiger partial charge in [0.1, 0.15) is 5.02 Å². The first-order valence-electron chi connectivity index (χ1n) is 4.65. The number of halogens is 1. The Morgan fingerprint density at radius 3 is 2.47 bits per heavy atom. The van der Waals surface area contributed by atoms with Gasteiger partial charge >= 0.3 is 0 Å². The van der Waals surface area contributed by atoms with Crippen LogP contribution < -0.4 is 4.90 Å². The second-order valence-corrected chi connectivity index (χ2v) is 6.31. The van der Waals surface area contributed by atoms with Gasteiger partial charge in [0.15, 0.2) is 15.7 Å². The van der Waals surface area contributed by atoms with Crippen LogP contribution in [0, 0.1) is 6.92 Å². The van der Waals surface area contributed by atoms with Crippen molar-refractivity contribution in [3.8, 4) is 0 Å². The number of aromatic nitrogens is 2. The third-order valence-corrected chi connectivity index (χ3v) is 4.56. The highest BCUT2D eigenvalue weighted by Gasteiger charge is 2.24. The largest absolute Gasteiger partial charge is 0.352 e. The van der Waals surface area contributed by atoms with Crippen LogP contribution in [0.3, 0.4) is 0 Å². The zero-order chi connectivity index (χ0) is 11.1. The Morgan fingerprint density at radius 1 is 1.40 bits per heavy atom. The van der Waals surface area contributed by atoms with Crippen LogP contribution >= 0.6 is 11.6 Å². The van der Waals surface area contributed by atoms with Crippen molar-refractivity contribution in [1.29, 1.82) is 0 Å². The SMILES string of the molecule is Cc1[nH]nc(N2CCS(=O)(=O)CC2)c1Cl. The Balaban J connectivity index is 2.18. The summed E-state index contributed by atoms with van der Waals surface area (Å²) in [7, 11) is -2.85. The van der Waals surface area contributed by atoms with Crippen molar-refractivity contribution >= 4 is 27.3 Å². The number of anilines is 1. The lowest BCUT2D eigenvalue weighted by atomic mass is 10.4. The number of sulfone groups is 1. The fourth-order valence-corrected chi connectivity index (χ4v) is 2.94. The van der Waals surface area contributed by atoms with Crippen molar-refractivity contribution in [3.63, 3.8) is 0 Å². The summed E-state index contributed by atoms with van der Waals surface area (Å²) in [6, 6.07) is 0. The van der Waals surface area contributed by atoms with Crippen LogP contribution in [0.2, 0.25) is 5.02 Å². The van der Waals surface area contributed by atoms with Gasteiger partial charge in [-0.15, -0.1) is 0 Å². The van der Waals surface area contributed by atoms with E-state index in [2.05, 4.69) is 10.2 Å². The van der Waals surface area contributed by atoms with Gasteiger partial charge in [-0.05, 0) is 6.92 Å². The first-order chi connectivity index (χ1) is 6.99. The standard InChI is InChI=1S/C8H12ClN3O2S/c1-6-7(9)8(11-10-6)12-2-4-15(13,14)5-3-12/h2-5H2,1H3,(H,10,11). The average Bonchev–Trinajstić information content (AvgIpc) is 2.49. The van der Waals surface area contributed by atoms with Gasteiger partial charge in [0.2, 0.25) is 0 Å². The highest BCUT2D eigenvalue weighted by Crippen LogP contribution is 2.26. The Bertz CT molecular complexity index is 454. The van der Waals surface area contributed by atoms with Crippen molar-refractivity contribution in [2.45, 2.75) is 6.92 Å². The van der Waals surface area contributed by atoms with Crippen LogP contribution in [-0.4, -0.2) is 43.2 Å². The van der Waals surface area contributed by atoms with Crippen LogP contribution in [0.4, 0.5) is 5.82 Å². The lowest BCUT2D eigenvalue weighted by Gasteiger charge is -2.26. The summed E-state index contributed by atoms with van der Waals surface area (Å²) in [5.74, 6) is 1.01. The van der Waals surface area contributed by atoms with Crippen molar-refractivity contribution in [2.75, 3.05) is 29.5 Å². The lowest BCUT2D eigenvalue weighted by Crippen LogP contribution is -2.40. The summed E-state index contributed by atoms with van der Waals surface area (Å²) in [5.41, 5.74) is 0.806. The predicted molar refractivity (Wildman–Crippen MR) is 59.2 cm³/mol. The third-order valence-electron chi connectivity index (χ3n) is 2.50. The molecule has 15 heavy (non-hydrogen) atoms. The smallest absolute Gasteiger partial charge is 0.169 e. The minimum absolute atomic E-state index is 0.176. The molecule has 7 heteroatoms. The van der Waals surface area contributed by atoms with Crippen LogP contribution in [-0.2, 0) is 9.84 Å². The van der Waals surface area contributed by atoms with E-state index in [-0.39, 0.29) is 11.5 Å². The molecule has 1 aliphatic rings. The van der Waals surface area contributed by atoms with Crippen molar-refractivity contribution < 1.29 is 8.42 Å². The van der Waals surface area contributed by atoms with Gasteiger partial charge in [0, 0.05) is 13.1 Å². The molecule has 0 bridgehead atoms. The fraction of sp³-hybridized carbons (Fsp3) is 0.625. The number of H-pyrrole nitrogens is 1. The van der Waals surface area contributed by atoms with E-state index < -0.39 is 9.84 Å². The van der Waals surface area contributed by atoms with E-state index in [4.69, 9.17) is 11.6 Å². The third kappa shape index (κ3) is 2.10. The molecule has 2 heterocycles. The number of aryl methyl sites for hydroxylation is 1. The van der Waals surface area contributed by atoms with E-state index >= 15 is 0 Å². The Kier molecular flexibility index (Phi) is 2.64. The van der Waals surface area contributed by atoms with Gasteiger partial charge in [0.05, 0.1) is 17.2 Å². The second-order valence-electron chi connectivity index (χ2n) is 3.63. The Labute approximate surface area is 93.3 Å². The molecule has 0 radical (unpaired) electrons. The lowest BCUT2D eigenvalue weighted by molar-refractivity contribution is 0.586. The molecule has 1 N–H and O–H groups in total. The fourth-order valence-electron chi connectivity index (χ4n) is 1.54. The molecule has 5 nitrogen and oxygen atoms in total. The summed E-state index contributed by atoms with van der Waals surface area (Å²) in [5, 5.41) is 7.42. The van der Waals surface area contributed by atoms with E-state index in [0.29, 0.717) is 23.9 Å². The van der Waals surface area contributed by atoms with Gasteiger partial charge in [-0.25, -0.2) is 8.42 Å². The molecule has 0 spiro atoms. The minimum atomic E-state index is -2.85. The summed E-state index contributed by atoms with van der Waals surface area (Å²) < 4.78 is 22.5. The number of hydrogen-bond acceptors (Lipinski definition) is 4. The van der Waals surface area contributed by atoms with Gasteiger partial charge in [-0.3, -0.25) is 5.10 Å². The Hall–Kier alpha value is -0.750. The maximum atomic E-state index is 11.2. The van der Waals surface area contributed by atoms with Crippen LogP contribution in [0.1, 0.15) is 5.69 Å². The maximum Gasteiger partial charge on any atom is 0.169 e. The molecule has 1 saturated heterocycles. The van der Waals surface area contributed by atoms with Gasteiger partial charge in [0.25, 0.3) is 0 Å². The molecule has 1 aliphatic heterocycles. The Morgan fingerprint density at radius 2 is 2.00 bits per heavy atom. The molecule has 1 fully saturated rings. The second kappa shape index (κ2) is 3.68. The van der Waals surface area contributed by atoms with E-state index in [1.54, 1.807) is 0 Å². The number of hydrogen-bond donors (Lipinski definition) is 1. The minimum Gasteiger partial charge on any atom is -0.352 e. The maximum absolute atomic E-state index is 11.2. The van der Waals surface area contributed by atoms with E-state index in [9.17, 15) is 8.42 Å². The van der Waals surface area contributed by atoms with Gasteiger partial charge in [-0.2, -0.15) is 5.10 Å². The molecular weight excluding hydrogens is 238 g/mol. The molecule has 1 aromatic heterocycles. The first kappa shape index (κ1) is 10.8. The molecule has 0 amide bonds.